The Morgan fingerprint density at radius 1 is 0.833 bits per heavy atom. The number of thioether (sulfide) groups is 1. The highest BCUT2D eigenvalue weighted by Crippen LogP contribution is 2.31. The number of benzene rings is 2. The van der Waals surface area contributed by atoms with Crippen molar-refractivity contribution < 1.29 is 0 Å². The van der Waals surface area contributed by atoms with E-state index in [9.17, 15) is 0 Å². The molecule has 2 aromatic carbocycles. The highest BCUT2D eigenvalue weighted by Gasteiger charge is 2.19. The molecule has 3 rings (SSSR count). The van der Waals surface area contributed by atoms with E-state index in [2.05, 4.69) is 116 Å². The molecule has 2 unspecified atom stereocenters. The Bertz CT molecular complexity index is 859. The van der Waals surface area contributed by atoms with E-state index in [0.717, 1.165) is 12.2 Å². The normalized spacial score (nSPS) is 13.6. The van der Waals surface area contributed by atoms with Gasteiger partial charge in [0.25, 0.3) is 0 Å². The lowest BCUT2D eigenvalue weighted by atomic mass is 9.91. The average molecular weight is 416 g/mol. The fourth-order valence-electron chi connectivity index (χ4n) is 3.61. The van der Waals surface area contributed by atoms with Gasteiger partial charge in [0.2, 0.25) is 0 Å². The Labute approximate surface area is 186 Å². The Morgan fingerprint density at radius 3 is 2.17 bits per heavy atom. The molecule has 3 aromatic rings. The van der Waals surface area contributed by atoms with E-state index in [0.29, 0.717) is 17.1 Å². The summed E-state index contributed by atoms with van der Waals surface area (Å²) in [7, 11) is 0. The molecule has 1 heterocycles. The van der Waals surface area contributed by atoms with Crippen LogP contribution in [0.2, 0.25) is 0 Å². The second kappa shape index (κ2) is 12.4. The number of rotatable bonds is 11. The predicted molar refractivity (Wildman–Crippen MR) is 133 cm³/mol. The number of allylic oxidation sites excluding steroid dienone is 1. The topological polar surface area (TPSA) is 12.9 Å². The van der Waals surface area contributed by atoms with Gasteiger partial charge in [-0.15, -0.1) is 0 Å². The van der Waals surface area contributed by atoms with E-state index in [1.54, 1.807) is 0 Å². The highest BCUT2D eigenvalue weighted by atomic mass is 32.2. The van der Waals surface area contributed by atoms with E-state index >= 15 is 0 Å². The van der Waals surface area contributed by atoms with Crippen LogP contribution in [-0.4, -0.2) is 10.2 Å². The maximum atomic E-state index is 4.16. The third-order valence-electron chi connectivity index (χ3n) is 5.50. The van der Waals surface area contributed by atoms with Crippen LogP contribution in [0.5, 0.6) is 0 Å². The molecule has 30 heavy (non-hydrogen) atoms. The van der Waals surface area contributed by atoms with Crippen LogP contribution in [-0.2, 0) is 12.2 Å². The van der Waals surface area contributed by atoms with Gasteiger partial charge in [0.05, 0.1) is 0 Å². The lowest BCUT2D eigenvalue weighted by Crippen LogP contribution is -2.17. The monoisotopic (exact) mass is 415 g/mol. The lowest BCUT2D eigenvalue weighted by Gasteiger charge is -2.25. The molecular formula is C28H33NS. The van der Waals surface area contributed by atoms with Crippen molar-refractivity contribution in [2.45, 2.75) is 44.1 Å². The molecular weight excluding hydrogens is 382 g/mol. The van der Waals surface area contributed by atoms with Gasteiger partial charge in [-0.05, 0) is 59.9 Å². The van der Waals surface area contributed by atoms with Crippen molar-refractivity contribution in [2.24, 2.45) is 11.8 Å². The second-order valence-corrected chi connectivity index (χ2v) is 9.47. The first-order chi connectivity index (χ1) is 14.7. The van der Waals surface area contributed by atoms with Crippen molar-refractivity contribution in [3.8, 4) is 0 Å². The van der Waals surface area contributed by atoms with Gasteiger partial charge >= 0.3 is 0 Å². The second-order valence-electron chi connectivity index (χ2n) is 8.24. The van der Waals surface area contributed by atoms with Gasteiger partial charge in [-0.3, -0.25) is 4.98 Å². The minimum absolute atomic E-state index is 0.564. The Hall–Kier alpha value is -2.32. The van der Waals surface area contributed by atoms with Gasteiger partial charge < -0.3 is 0 Å². The fraction of sp³-hybridized carbons (Fsp3) is 0.321. The van der Waals surface area contributed by atoms with Crippen molar-refractivity contribution in [1.82, 2.24) is 4.98 Å². The number of pyridine rings is 1. The van der Waals surface area contributed by atoms with Crippen LogP contribution >= 0.6 is 11.8 Å². The molecule has 2 heteroatoms. The molecule has 0 saturated heterocycles. The maximum absolute atomic E-state index is 4.16. The molecule has 2 atom stereocenters. The van der Waals surface area contributed by atoms with E-state index in [-0.39, 0.29) is 0 Å². The number of aryl methyl sites for hydroxylation is 1. The Balaban J connectivity index is 1.67. The molecule has 0 aliphatic rings. The highest BCUT2D eigenvalue weighted by molar-refractivity contribution is 7.99. The first-order valence-corrected chi connectivity index (χ1v) is 12.0. The molecule has 0 radical (unpaired) electrons. The first kappa shape index (κ1) is 22.4. The van der Waals surface area contributed by atoms with Crippen LogP contribution in [0.25, 0.3) is 6.08 Å². The largest absolute Gasteiger partial charge is 0.265 e. The Morgan fingerprint density at radius 2 is 1.50 bits per heavy atom. The van der Waals surface area contributed by atoms with E-state index in [4.69, 9.17) is 0 Å². The van der Waals surface area contributed by atoms with Gasteiger partial charge in [0.1, 0.15) is 0 Å². The molecule has 0 bridgehead atoms. The van der Waals surface area contributed by atoms with Crippen molar-refractivity contribution in [3.05, 3.63) is 108 Å². The zero-order valence-corrected chi connectivity index (χ0v) is 19.0. The molecule has 0 aliphatic heterocycles. The van der Waals surface area contributed by atoms with Crippen molar-refractivity contribution in [3.63, 3.8) is 0 Å². The predicted octanol–water partition coefficient (Wildman–Crippen LogP) is 7.69. The molecule has 0 amide bonds. The van der Waals surface area contributed by atoms with Crippen molar-refractivity contribution in [1.29, 1.82) is 0 Å². The van der Waals surface area contributed by atoms with Gasteiger partial charge in [0, 0.05) is 23.4 Å². The van der Waals surface area contributed by atoms with E-state index < -0.39 is 0 Å². The summed E-state index contributed by atoms with van der Waals surface area (Å²) in [5, 5.41) is 0.646. The zero-order chi connectivity index (χ0) is 21.0. The van der Waals surface area contributed by atoms with E-state index in [1.165, 1.54) is 29.5 Å². The van der Waals surface area contributed by atoms with Crippen molar-refractivity contribution in [2.75, 3.05) is 0 Å². The molecule has 0 fully saturated rings. The summed E-state index contributed by atoms with van der Waals surface area (Å²) >= 11 is 2.11. The van der Waals surface area contributed by atoms with Crippen LogP contribution in [0.15, 0.2) is 91.3 Å². The summed E-state index contributed by atoms with van der Waals surface area (Å²) in [6, 6.07) is 25.8. The van der Waals surface area contributed by atoms with Crippen LogP contribution < -0.4 is 0 Å². The molecule has 0 spiro atoms. The molecule has 1 nitrogen and oxygen atoms in total. The third-order valence-corrected chi connectivity index (χ3v) is 7.16. The SMILES string of the molecule is CC(C)C(CC(C=Cc1ccccc1)CCc1ccncc1)SCc1ccccc1. The number of hydrogen-bond donors (Lipinski definition) is 0. The van der Waals surface area contributed by atoms with Gasteiger partial charge in [-0.1, -0.05) is 86.7 Å². The van der Waals surface area contributed by atoms with Crippen LogP contribution in [0.1, 0.15) is 43.4 Å². The summed E-state index contributed by atoms with van der Waals surface area (Å²) < 4.78 is 0. The van der Waals surface area contributed by atoms with Gasteiger partial charge in [0.15, 0.2) is 0 Å². The fourth-order valence-corrected chi connectivity index (χ4v) is 4.98. The summed E-state index contributed by atoms with van der Waals surface area (Å²) in [6.45, 7) is 4.73. The maximum Gasteiger partial charge on any atom is 0.0270 e. The lowest BCUT2D eigenvalue weighted by molar-refractivity contribution is 0.474. The summed E-state index contributed by atoms with van der Waals surface area (Å²) in [5.41, 5.74) is 4.08. The average Bonchev–Trinajstić information content (AvgIpc) is 2.79. The molecule has 156 valence electrons. The number of aromatic nitrogens is 1. The van der Waals surface area contributed by atoms with Crippen LogP contribution in [0.4, 0.5) is 0 Å². The minimum Gasteiger partial charge on any atom is -0.265 e. The van der Waals surface area contributed by atoms with Gasteiger partial charge in [-0.25, -0.2) is 0 Å². The van der Waals surface area contributed by atoms with Crippen LogP contribution in [0, 0.1) is 11.8 Å². The quantitative estimate of drug-likeness (QED) is 0.318. The summed E-state index contributed by atoms with van der Waals surface area (Å²) in [6.07, 6.45) is 12.0. The molecule has 0 N–H and O–H groups in total. The van der Waals surface area contributed by atoms with Crippen LogP contribution in [0.3, 0.4) is 0 Å². The molecule has 0 saturated carbocycles. The minimum atomic E-state index is 0.564. The summed E-state index contributed by atoms with van der Waals surface area (Å²) in [5.74, 6) is 2.31. The zero-order valence-electron chi connectivity index (χ0n) is 18.2. The Kier molecular flexibility index (Phi) is 9.24. The van der Waals surface area contributed by atoms with Crippen molar-refractivity contribution >= 4 is 17.8 Å². The summed E-state index contributed by atoms with van der Waals surface area (Å²) in [4.78, 5) is 4.16. The van der Waals surface area contributed by atoms with E-state index in [1.807, 2.05) is 12.4 Å². The first-order valence-electron chi connectivity index (χ1n) is 11.0. The number of hydrogen-bond acceptors (Lipinski definition) is 2. The van der Waals surface area contributed by atoms with Gasteiger partial charge in [-0.2, -0.15) is 11.8 Å². The number of nitrogens with zero attached hydrogens (tertiary/aromatic N) is 1. The standard InChI is InChI=1S/C28H33NS/c1-23(2)28(30-22-27-11-7-4-8-12-27)21-26(15-13-24-9-5-3-6-10-24)16-14-25-17-19-29-20-18-25/h3-13,15,17-20,23,26,28H,14,16,21-22H2,1-2H3. The third kappa shape index (κ3) is 7.84. The molecule has 0 aliphatic carbocycles. The smallest absolute Gasteiger partial charge is 0.0270 e. The molecule has 1 aromatic heterocycles.